The molecule has 3 aromatic rings. The number of methoxy groups -OCH3 is 1. The number of benzene rings is 1. The van der Waals surface area contributed by atoms with Gasteiger partial charge in [-0.2, -0.15) is 18.3 Å². The van der Waals surface area contributed by atoms with Crippen LogP contribution in [-0.2, 0) is 14.2 Å². The van der Waals surface area contributed by atoms with Crippen LogP contribution >= 0.6 is 0 Å². The van der Waals surface area contributed by atoms with Gasteiger partial charge in [-0.1, -0.05) is 0 Å². The molecule has 45 heavy (non-hydrogen) atoms. The molecule has 2 aromatic heterocycles. The van der Waals surface area contributed by atoms with Crippen molar-refractivity contribution in [1.29, 1.82) is 0 Å². The number of ether oxygens (including phenoxy) is 4. The third kappa shape index (κ3) is 8.06. The molecule has 2 aliphatic heterocycles. The summed E-state index contributed by atoms with van der Waals surface area (Å²) in [6, 6.07) is 7.78. The molecule has 3 atom stereocenters. The van der Waals surface area contributed by atoms with Crippen LogP contribution in [0, 0.1) is 6.92 Å². The Hall–Kier alpha value is -3.42. The highest BCUT2D eigenvalue weighted by atomic mass is 19.4. The number of carbonyl (C=O) groups is 1. The summed E-state index contributed by atoms with van der Waals surface area (Å²) in [5, 5.41) is 8.21. The van der Waals surface area contributed by atoms with Gasteiger partial charge in [-0.25, -0.2) is 9.78 Å². The van der Waals surface area contributed by atoms with Gasteiger partial charge in [0.25, 0.3) is 0 Å². The molecule has 246 valence electrons. The molecule has 2 aliphatic rings. The summed E-state index contributed by atoms with van der Waals surface area (Å²) < 4.78 is 64.8. The van der Waals surface area contributed by atoms with Crippen LogP contribution in [-0.4, -0.2) is 95.1 Å². The molecule has 2 fully saturated rings. The molecule has 3 unspecified atom stereocenters. The number of pyridine rings is 1. The minimum absolute atomic E-state index is 0.116. The van der Waals surface area contributed by atoms with Gasteiger partial charge in [-0.3, -0.25) is 10.00 Å². The summed E-state index contributed by atoms with van der Waals surface area (Å²) in [7, 11) is 1.55. The van der Waals surface area contributed by atoms with Crippen molar-refractivity contribution in [3.63, 3.8) is 0 Å². The average Bonchev–Trinajstić information content (AvgIpc) is 3.36. The molecule has 1 aromatic carbocycles. The Kier molecular flexibility index (Phi) is 9.90. The van der Waals surface area contributed by atoms with E-state index >= 15 is 0 Å². The van der Waals surface area contributed by atoms with Crippen LogP contribution in [0.25, 0.3) is 22.3 Å². The molecule has 10 nitrogen and oxygen atoms in total. The minimum Gasteiger partial charge on any atom is -0.468 e. The van der Waals surface area contributed by atoms with Gasteiger partial charge >= 0.3 is 12.3 Å². The normalized spacial score (nSPS) is 20.8. The fourth-order valence-corrected chi connectivity index (χ4v) is 6.23. The Morgan fingerprint density at radius 3 is 2.56 bits per heavy atom. The number of halogens is 3. The number of nitrogens with zero attached hydrogens (tertiary/aromatic N) is 4. The van der Waals surface area contributed by atoms with Gasteiger partial charge in [0.05, 0.1) is 30.0 Å². The van der Waals surface area contributed by atoms with Crippen LogP contribution < -0.4 is 4.74 Å². The second-order valence-electron chi connectivity index (χ2n) is 12.7. The molecular weight excluding hydrogens is 591 g/mol. The largest absolute Gasteiger partial charge is 0.468 e. The van der Waals surface area contributed by atoms with Crippen LogP contribution in [0.5, 0.6) is 5.75 Å². The van der Waals surface area contributed by atoms with E-state index in [4.69, 9.17) is 23.9 Å². The van der Waals surface area contributed by atoms with Crippen LogP contribution in [0.15, 0.2) is 30.3 Å². The lowest BCUT2D eigenvalue weighted by atomic mass is 9.89. The number of alkyl halides is 3. The predicted molar refractivity (Wildman–Crippen MR) is 162 cm³/mol. The van der Waals surface area contributed by atoms with E-state index in [-0.39, 0.29) is 32.5 Å². The van der Waals surface area contributed by atoms with Crippen LogP contribution in [0.2, 0.25) is 0 Å². The summed E-state index contributed by atoms with van der Waals surface area (Å²) in [5.74, 6) is 0.630. The van der Waals surface area contributed by atoms with E-state index < -0.39 is 36.4 Å². The lowest BCUT2D eigenvalue weighted by Crippen LogP contribution is -2.59. The number of piperazine rings is 1. The highest BCUT2D eigenvalue weighted by Crippen LogP contribution is 2.41. The van der Waals surface area contributed by atoms with Crippen molar-refractivity contribution >= 4 is 17.1 Å². The zero-order valence-corrected chi connectivity index (χ0v) is 26.4. The molecule has 5 rings (SSSR count). The Bertz CT molecular complexity index is 1450. The van der Waals surface area contributed by atoms with Crippen molar-refractivity contribution in [2.45, 2.75) is 83.3 Å². The van der Waals surface area contributed by atoms with Crippen molar-refractivity contribution in [2.24, 2.45) is 0 Å². The number of aryl methyl sites for hydroxylation is 1. The van der Waals surface area contributed by atoms with E-state index in [9.17, 15) is 18.0 Å². The van der Waals surface area contributed by atoms with Gasteiger partial charge in [0.1, 0.15) is 11.4 Å². The van der Waals surface area contributed by atoms with Crippen molar-refractivity contribution in [3.8, 4) is 17.0 Å². The van der Waals surface area contributed by atoms with Gasteiger partial charge in [0.15, 0.2) is 12.4 Å². The summed E-state index contributed by atoms with van der Waals surface area (Å²) in [4.78, 5) is 21.1. The first-order chi connectivity index (χ1) is 21.3. The topological polar surface area (TPSA) is 102 Å². The number of amides is 1. The molecule has 0 bridgehead atoms. The Labute approximate surface area is 261 Å². The molecular formula is C32H42F3N5O5. The number of fused-ring (bicyclic) bond motifs is 1. The number of aromatic amines is 1. The van der Waals surface area contributed by atoms with Gasteiger partial charge in [0, 0.05) is 50.3 Å². The summed E-state index contributed by atoms with van der Waals surface area (Å²) in [6.45, 7) is 8.04. The molecule has 2 saturated heterocycles. The standard InChI is InChI=1S/C32H42F3N5O5/c1-20-27-24(16-25(36-29(27)38-37-20)21-9-11-23(12-10-21)44-19-42-5)28(26-8-6-7-15-43-26)40-14-13-39(30(41)45-31(2,3)4)18-22(40)17-32(33,34)35/h9-12,16,22,26,28H,6-8,13-15,17-19H2,1-5H3,(H,36,37,38). The van der Waals surface area contributed by atoms with E-state index in [0.717, 1.165) is 29.4 Å². The summed E-state index contributed by atoms with van der Waals surface area (Å²) >= 11 is 0. The molecule has 4 heterocycles. The fraction of sp³-hybridized carbons (Fsp3) is 0.594. The van der Waals surface area contributed by atoms with E-state index in [0.29, 0.717) is 35.8 Å². The number of hydrogen-bond donors (Lipinski definition) is 1. The van der Waals surface area contributed by atoms with Gasteiger partial charge in [-0.15, -0.1) is 0 Å². The lowest BCUT2D eigenvalue weighted by molar-refractivity contribution is -0.161. The molecule has 0 saturated carbocycles. The SMILES string of the molecule is COCOc1ccc(-c2cc(C(C3CCCCO3)N3CCN(C(=O)OC(C)(C)C)CC3CC(F)(F)F)c3c(C)n[nH]c3n2)cc1. The third-order valence-corrected chi connectivity index (χ3v) is 8.12. The number of rotatable bonds is 8. The van der Waals surface area contributed by atoms with Gasteiger partial charge in [-0.05, 0) is 82.9 Å². The first-order valence-electron chi connectivity index (χ1n) is 15.3. The van der Waals surface area contributed by atoms with Crippen LogP contribution in [0.1, 0.15) is 63.8 Å². The maximum atomic E-state index is 14.1. The molecule has 0 radical (unpaired) electrons. The van der Waals surface area contributed by atoms with Crippen molar-refractivity contribution in [2.75, 3.05) is 40.1 Å². The number of hydrogen-bond acceptors (Lipinski definition) is 8. The second-order valence-corrected chi connectivity index (χ2v) is 12.7. The van der Waals surface area contributed by atoms with Crippen molar-refractivity contribution in [3.05, 3.63) is 41.6 Å². The van der Waals surface area contributed by atoms with E-state index in [2.05, 4.69) is 10.2 Å². The van der Waals surface area contributed by atoms with Gasteiger partial charge in [0.2, 0.25) is 0 Å². The minimum atomic E-state index is -4.45. The zero-order chi connectivity index (χ0) is 32.4. The zero-order valence-electron chi connectivity index (χ0n) is 26.4. The first kappa shape index (κ1) is 33.0. The molecule has 0 spiro atoms. The smallest absolute Gasteiger partial charge is 0.410 e. The summed E-state index contributed by atoms with van der Waals surface area (Å²) in [6.07, 6.45) is -4.02. The maximum Gasteiger partial charge on any atom is 0.410 e. The average molecular weight is 634 g/mol. The maximum absolute atomic E-state index is 14.1. The molecule has 1 N–H and O–H groups in total. The highest BCUT2D eigenvalue weighted by Gasteiger charge is 2.45. The second kappa shape index (κ2) is 13.5. The number of aromatic nitrogens is 3. The summed E-state index contributed by atoms with van der Waals surface area (Å²) in [5.41, 5.74) is 2.71. The Balaban J connectivity index is 1.58. The van der Waals surface area contributed by atoms with Crippen molar-refractivity contribution < 1.29 is 36.9 Å². The quantitative estimate of drug-likeness (QED) is 0.285. The number of nitrogens with one attached hydrogen (secondary N) is 1. The fourth-order valence-electron chi connectivity index (χ4n) is 6.23. The van der Waals surface area contributed by atoms with Crippen molar-refractivity contribution in [1.82, 2.24) is 25.0 Å². The monoisotopic (exact) mass is 633 g/mol. The predicted octanol–water partition coefficient (Wildman–Crippen LogP) is 6.40. The molecule has 13 heteroatoms. The van der Waals surface area contributed by atoms with E-state index in [1.165, 1.54) is 4.90 Å². The Morgan fingerprint density at radius 2 is 1.91 bits per heavy atom. The van der Waals surface area contributed by atoms with E-state index in [1.54, 1.807) is 27.9 Å². The number of carbonyl (C=O) groups excluding carboxylic acids is 1. The molecule has 0 aliphatic carbocycles. The third-order valence-electron chi connectivity index (χ3n) is 8.12. The Morgan fingerprint density at radius 1 is 1.16 bits per heavy atom. The van der Waals surface area contributed by atoms with E-state index in [1.807, 2.05) is 42.2 Å². The lowest BCUT2D eigenvalue weighted by Gasteiger charge is -2.48. The highest BCUT2D eigenvalue weighted by molar-refractivity contribution is 5.85. The van der Waals surface area contributed by atoms with Gasteiger partial charge < -0.3 is 23.8 Å². The molecule has 1 amide bonds. The number of H-pyrrole nitrogens is 1. The van der Waals surface area contributed by atoms with Crippen LogP contribution in [0.3, 0.4) is 0 Å². The first-order valence-corrected chi connectivity index (χ1v) is 15.3. The van der Waals surface area contributed by atoms with Crippen LogP contribution in [0.4, 0.5) is 18.0 Å².